The van der Waals surface area contributed by atoms with Gasteiger partial charge >= 0.3 is 0 Å². The molecule has 0 amide bonds. The minimum Gasteiger partial charge on any atom is -0.378 e. The Balaban J connectivity index is 2.63. The van der Waals surface area contributed by atoms with E-state index in [1.54, 1.807) is 0 Å². The van der Waals surface area contributed by atoms with Crippen molar-refractivity contribution < 1.29 is 8.42 Å². The number of sulfonamides is 1. The van der Waals surface area contributed by atoms with Crippen molar-refractivity contribution in [2.45, 2.75) is 19.4 Å². The predicted octanol–water partition coefficient (Wildman–Crippen LogP) is 1.23. The SMILES string of the molecule is C[C@@H](Cc1ccc(N(C)C)cc1)NS(C)(=O)=O. The summed E-state index contributed by atoms with van der Waals surface area (Å²) < 4.78 is 24.7. The Bertz CT molecular complexity index is 452. The van der Waals surface area contributed by atoms with Crippen LogP contribution in [0.3, 0.4) is 0 Å². The van der Waals surface area contributed by atoms with Crippen LogP contribution in [0, 0.1) is 0 Å². The molecule has 1 atom stereocenters. The minimum atomic E-state index is -3.12. The Morgan fingerprint density at radius 1 is 1.24 bits per heavy atom. The van der Waals surface area contributed by atoms with Crippen molar-refractivity contribution in [3.8, 4) is 0 Å². The molecule has 0 fully saturated rings. The Hall–Kier alpha value is -1.07. The molecular weight excluding hydrogens is 236 g/mol. The molecular formula is C12H20N2O2S. The molecule has 96 valence electrons. The van der Waals surface area contributed by atoms with Gasteiger partial charge in [-0.1, -0.05) is 12.1 Å². The molecule has 0 aromatic heterocycles. The van der Waals surface area contributed by atoms with E-state index in [1.807, 2.05) is 50.2 Å². The molecule has 1 N–H and O–H groups in total. The van der Waals surface area contributed by atoms with Crippen LogP contribution in [0.15, 0.2) is 24.3 Å². The number of hydrogen-bond donors (Lipinski definition) is 1. The van der Waals surface area contributed by atoms with E-state index in [1.165, 1.54) is 6.26 Å². The molecule has 0 radical (unpaired) electrons. The first kappa shape index (κ1) is 14.0. The summed E-state index contributed by atoms with van der Waals surface area (Å²) in [6.07, 6.45) is 1.87. The topological polar surface area (TPSA) is 49.4 Å². The summed E-state index contributed by atoms with van der Waals surface area (Å²) >= 11 is 0. The van der Waals surface area contributed by atoms with Gasteiger partial charge in [0.1, 0.15) is 0 Å². The molecule has 0 aliphatic carbocycles. The number of rotatable bonds is 5. The van der Waals surface area contributed by atoms with Crippen LogP contribution >= 0.6 is 0 Å². The van der Waals surface area contributed by atoms with Crippen molar-refractivity contribution in [3.05, 3.63) is 29.8 Å². The highest BCUT2D eigenvalue weighted by Gasteiger charge is 2.09. The van der Waals surface area contributed by atoms with E-state index in [0.29, 0.717) is 6.42 Å². The highest BCUT2D eigenvalue weighted by Crippen LogP contribution is 2.13. The smallest absolute Gasteiger partial charge is 0.208 e. The molecule has 0 saturated heterocycles. The lowest BCUT2D eigenvalue weighted by molar-refractivity contribution is 0.565. The summed E-state index contributed by atoms with van der Waals surface area (Å²) in [5.41, 5.74) is 2.26. The second-order valence-corrected chi connectivity index (χ2v) is 6.34. The molecule has 1 aromatic carbocycles. The molecule has 0 heterocycles. The van der Waals surface area contributed by atoms with Gasteiger partial charge in [-0.15, -0.1) is 0 Å². The standard InChI is InChI=1S/C12H20N2O2S/c1-10(13-17(4,15)16)9-11-5-7-12(8-6-11)14(2)3/h5-8,10,13H,9H2,1-4H3/t10-/m0/s1. The molecule has 0 unspecified atom stereocenters. The van der Waals surface area contributed by atoms with Crippen LogP contribution in [0.1, 0.15) is 12.5 Å². The molecule has 5 heteroatoms. The fourth-order valence-electron chi connectivity index (χ4n) is 1.69. The van der Waals surface area contributed by atoms with Gasteiger partial charge in [-0.05, 0) is 31.0 Å². The van der Waals surface area contributed by atoms with Gasteiger partial charge in [-0.3, -0.25) is 0 Å². The van der Waals surface area contributed by atoms with Crippen LogP contribution in [0.2, 0.25) is 0 Å². The first-order chi connectivity index (χ1) is 7.78. The van der Waals surface area contributed by atoms with Gasteiger partial charge in [-0.25, -0.2) is 13.1 Å². The summed E-state index contributed by atoms with van der Waals surface area (Å²) in [7, 11) is 0.855. The van der Waals surface area contributed by atoms with Crippen molar-refractivity contribution in [1.29, 1.82) is 0 Å². The highest BCUT2D eigenvalue weighted by molar-refractivity contribution is 7.88. The maximum absolute atomic E-state index is 11.1. The van der Waals surface area contributed by atoms with Crippen molar-refractivity contribution in [2.75, 3.05) is 25.3 Å². The molecule has 0 aliphatic heterocycles. The molecule has 17 heavy (non-hydrogen) atoms. The zero-order valence-electron chi connectivity index (χ0n) is 10.8. The van der Waals surface area contributed by atoms with Gasteiger partial charge in [0.25, 0.3) is 0 Å². The van der Waals surface area contributed by atoms with Gasteiger partial charge < -0.3 is 4.90 Å². The predicted molar refractivity (Wildman–Crippen MR) is 71.9 cm³/mol. The van der Waals surface area contributed by atoms with Crippen LogP contribution in [0.4, 0.5) is 5.69 Å². The molecule has 1 rings (SSSR count). The highest BCUT2D eigenvalue weighted by atomic mass is 32.2. The van der Waals surface area contributed by atoms with Crippen LogP contribution in [-0.4, -0.2) is 34.8 Å². The van der Waals surface area contributed by atoms with Gasteiger partial charge in [0.05, 0.1) is 6.26 Å². The third-order valence-corrected chi connectivity index (χ3v) is 3.24. The molecule has 1 aromatic rings. The first-order valence-electron chi connectivity index (χ1n) is 5.51. The fraction of sp³-hybridized carbons (Fsp3) is 0.500. The summed E-state index contributed by atoms with van der Waals surface area (Å²) in [6.45, 7) is 1.86. The van der Waals surface area contributed by atoms with Crippen LogP contribution in [0.25, 0.3) is 0 Å². The van der Waals surface area contributed by atoms with Crippen molar-refractivity contribution in [3.63, 3.8) is 0 Å². The third kappa shape index (κ3) is 5.19. The Labute approximate surface area is 104 Å². The normalized spacial score (nSPS) is 13.4. The van der Waals surface area contributed by atoms with E-state index in [4.69, 9.17) is 0 Å². The lowest BCUT2D eigenvalue weighted by atomic mass is 10.1. The van der Waals surface area contributed by atoms with Crippen LogP contribution in [-0.2, 0) is 16.4 Å². The van der Waals surface area contributed by atoms with Crippen LogP contribution < -0.4 is 9.62 Å². The van der Waals surface area contributed by atoms with Crippen molar-refractivity contribution in [2.24, 2.45) is 0 Å². The van der Waals surface area contributed by atoms with E-state index in [0.717, 1.165) is 11.3 Å². The zero-order valence-corrected chi connectivity index (χ0v) is 11.6. The first-order valence-corrected chi connectivity index (χ1v) is 7.40. The Morgan fingerprint density at radius 3 is 2.18 bits per heavy atom. The van der Waals surface area contributed by atoms with E-state index < -0.39 is 10.0 Å². The lowest BCUT2D eigenvalue weighted by Crippen LogP contribution is -2.33. The molecule has 4 nitrogen and oxygen atoms in total. The molecule has 0 spiro atoms. The van der Waals surface area contributed by atoms with Crippen molar-refractivity contribution >= 4 is 15.7 Å². The van der Waals surface area contributed by atoms with E-state index in [2.05, 4.69) is 4.72 Å². The number of benzene rings is 1. The maximum atomic E-state index is 11.1. The number of nitrogens with zero attached hydrogens (tertiary/aromatic N) is 1. The third-order valence-electron chi connectivity index (χ3n) is 2.41. The summed E-state index contributed by atoms with van der Waals surface area (Å²) in [6, 6.07) is 8.02. The Morgan fingerprint density at radius 2 is 1.76 bits per heavy atom. The quantitative estimate of drug-likeness (QED) is 0.862. The zero-order chi connectivity index (χ0) is 13.1. The summed E-state index contributed by atoms with van der Waals surface area (Å²) in [5.74, 6) is 0. The molecule has 0 saturated carbocycles. The average Bonchev–Trinajstić information content (AvgIpc) is 2.15. The van der Waals surface area contributed by atoms with E-state index >= 15 is 0 Å². The van der Waals surface area contributed by atoms with E-state index in [9.17, 15) is 8.42 Å². The lowest BCUT2D eigenvalue weighted by Gasteiger charge is -2.15. The second-order valence-electron chi connectivity index (χ2n) is 4.56. The van der Waals surface area contributed by atoms with Gasteiger partial charge in [0.2, 0.25) is 10.0 Å². The summed E-state index contributed by atoms with van der Waals surface area (Å²) in [4.78, 5) is 2.03. The van der Waals surface area contributed by atoms with Gasteiger partial charge in [0, 0.05) is 25.8 Å². The largest absolute Gasteiger partial charge is 0.378 e. The molecule has 0 aliphatic rings. The monoisotopic (exact) mass is 256 g/mol. The van der Waals surface area contributed by atoms with E-state index in [-0.39, 0.29) is 6.04 Å². The number of nitrogens with one attached hydrogen (secondary N) is 1. The molecule has 0 bridgehead atoms. The second kappa shape index (κ2) is 5.51. The fourth-order valence-corrected chi connectivity index (χ4v) is 2.51. The summed E-state index contributed by atoms with van der Waals surface area (Å²) in [5, 5.41) is 0. The van der Waals surface area contributed by atoms with Crippen LogP contribution in [0.5, 0.6) is 0 Å². The average molecular weight is 256 g/mol. The number of hydrogen-bond acceptors (Lipinski definition) is 3. The number of anilines is 1. The minimum absolute atomic E-state index is 0.0878. The Kier molecular flexibility index (Phi) is 4.54. The van der Waals surface area contributed by atoms with Gasteiger partial charge in [-0.2, -0.15) is 0 Å². The van der Waals surface area contributed by atoms with Gasteiger partial charge in [0.15, 0.2) is 0 Å². The van der Waals surface area contributed by atoms with Crippen molar-refractivity contribution in [1.82, 2.24) is 4.72 Å². The maximum Gasteiger partial charge on any atom is 0.208 e.